The van der Waals surface area contributed by atoms with Crippen molar-refractivity contribution in [3.63, 3.8) is 0 Å². The highest BCUT2D eigenvalue weighted by atomic mass is 32.2. The molecule has 0 aliphatic carbocycles. The molecule has 1 saturated heterocycles. The number of rotatable bonds is 14. The van der Waals surface area contributed by atoms with Gasteiger partial charge in [-0.15, -0.1) is 11.8 Å². The van der Waals surface area contributed by atoms with E-state index in [2.05, 4.69) is 0 Å². The van der Waals surface area contributed by atoms with Gasteiger partial charge in [-0.2, -0.15) is 8.42 Å². The third-order valence-electron chi connectivity index (χ3n) is 6.14. The third-order valence-corrected chi connectivity index (χ3v) is 8.54. The molecule has 7 nitrogen and oxygen atoms in total. The molecule has 4 rings (SSSR count). The molecule has 3 aromatic carbocycles. The van der Waals surface area contributed by atoms with Gasteiger partial charge in [-0.25, -0.2) is 0 Å². The van der Waals surface area contributed by atoms with Gasteiger partial charge in [0.25, 0.3) is 10.1 Å². The zero-order valence-corrected chi connectivity index (χ0v) is 23.0. The number of aliphatic hydroxyl groups excluding tert-OH is 1. The molecule has 1 N–H and O–H groups in total. The Morgan fingerprint density at radius 2 is 1.58 bits per heavy atom. The highest BCUT2D eigenvalue weighted by Crippen LogP contribution is 2.30. The molecule has 1 aliphatic heterocycles. The maximum Gasteiger partial charge on any atom is 0.297 e. The summed E-state index contributed by atoms with van der Waals surface area (Å²) in [5.74, 6) is 0.539. The minimum Gasteiger partial charge on any atom is -0.387 e. The van der Waals surface area contributed by atoms with Gasteiger partial charge in [0.2, 0.25) is 0 Å². The zero-order chi connectivity index (χ0) is 26.8. The Morgan fingerprint density at radius 1 is 0.895 bits per heavy atom. The quantitative estimate of drug-likeness (QED) is 0.174. The summed E-state index contributed by atoms with van der Waals surface area (Å²) in [4.78, 5) is 1.13. The molecule has 204 valence electrons. The van der Waals surface area contributed by atoms with Gasteiger partial charge >= 0.3 is 0 Å². The summed E-state index contributed by atoms with van der Waals surface area (Å²) in [6.45, 7) is 3.00. The molecule has 0 saturated carbocycles. The second-order valence-corrected chi connectivity index (χ2v) is 11.8. The van der Waals surface area contributed by atoms with Crippen LogP contribution < -0.4 is 0 Å². The van der Waals surface area contributed by atoms with E-state index >= 15 is 0 Å². The number of ether oxygens (including phenoxy) is 3. The fourth-order valence-electron chi connectivity index (χ4n) is 4.06. The van der Waals surface area contributed by atoms with E-state index < -0.39 is 34.5 Å². The van der Waals surface area contributed by atoms with Crippen LogP contribution in [0.3, 0.4) is 0 Å². The van der Waals surface area contributed by atoms with Crippen LogP contribution >= 0.6 is 11.8 Å². The lowest BCUT2D eigenvalue weighted by Gasteiger charge is -2.21. The normalized spacial score (nSPS) is 21.5. The van der Waals surface area contributed by atoms with Crippen LogP contribution in [0.4, 0.5) is 0 Å². The summed E-state index contributed by atoms with van der Waals surface area (Å²) >= 11 is 1.59. The average Bonchev–Trinajstić information content (AvgIpc) is 3.23. The first-order valence-electron chi connectivity index (χ1n) is 12.6. The molecule has 38 heavy (non-hydrogen) atoms. The molecular weight excluding hydrogens is 524 g/mol. The predicted octanol–water partition coefficient (Wildman–Crippen LogP) is 4.61. The molecule has 0 unspecified atom stereocenters. The van der Waals surface area contributed by atoms with E-state index in [-0.39, 0.29) is 11.5 Å². The van der Waals surface area contributed by atoms with E-state index in [0.717, 1.165) is 16.0 Å². The van der Waals surface area contributed by atoms with Gasteiger partial charge in [-0.05, 0) is 43.2 Å². The monoisotopic (exact) mass is 558 g/mol. The SMILES string of the molecule is Cc1ccc(S(=O)(=O)OC[C@@H]2O[C@H](CSc3ccccc3)[C@@H](OCCCOCc3ccccc3)[C@@H]2O)cc1. The van der Waals surface area contributed by atoms with Gasteiger partial charge < -0.3 is 19.3 Å². The lowest BCUT2D eigenvalue weighted by molar-refractivity contribution is -0.0385. The van der Waals surface area contributed by atoms with Gasteiger partial charge in [0.1, 0.15) is 18.3 Å². The molecule has 0 amide bonds. The summed E-state index contributed by atoms with van der Waals surface area (Å²) in [5, 5.41) is 11.0. The van der Waals surface area contributed by atoms with E-state index in [1.54, 1.807) is 23.9 Å². The zero-order valence-electron chi connectivity index (χ0n) is 21.3. The average molecular weight is 559 g/mol. The van der Waals surface area contributed by atoms with Crippen molar-refractivity contribution in [3.8, 4) is 0 Å². The van der Waals surface area contributed by atoms with E-state index in [0.29, 0.717) is 32.0 Å². The highest BCUT2D eigenvalue weighted by Gasteiger charge is 2.45. The lowest BCUT2D eigenvalue weighted by atomic mass is 10.1. The summed E-state index contributed by atoms with van der Waals surface area (Å²) in [6, 6.07) is 26.2. The molecule has 4 atom stereocenters. The Balaban J connectivity index is 1.31. The van der Waals surface area contributed by atoms with Gasteiger partial charge in [0, 0.05) is 23.9 Å². The van der Waals surface area contributed by atoms with Crippen molar-refractivity contribution < 1.29 is 31.9 Å². The molecular formula is C29H34O7S2. The number of thioether (sulfide) groups is 1. The molecule has 0 spiro atoms. The minimum absolute atomic E-state index is 0.0649. The van der Waals surface area contributed by atoms with Crippen LogP contribution in [0.5, 0.6) is 0 Å². The highest BCUT2D eigenvalue weighted by molar-refractivity contribution is 7.99. The van der Waals surface area contributed by atoms with Gasteiger partial charge in [-0.1, -0.05) is 66.2 Å². The number of hydrogen-bond acceptors (Lipinski definition) is 8. The lowest BCUT2D eigenvalue weighted by Crippen LogP contribution is -2.38. The van der Waals surface area contributed by atoms with Crippen LogP contribution in [0.2, 0.25) is 0 Å². The summed E-state index contributed by atoms with van der Waals surface area (Å²) in [5.41, 5.74) is 2.05. The van der Waals surface area contributed by atoms with Crippen molar-refractivity contribution in [1.82, 2.24) is 0 Å². The molecule has 1 aliphatic rings. The first-order valence-corrected chi connectivity index (χ1v) is 15.0. The number of aliphatic hydroxyl groups is 1. The first-order chi connectivity index (χ1) is 18.4. The van der Waals surface area contributed by atoms with Gasteiger partial charge in [-0.3, -0.25) is 4.18 Å². The van der Waals surface area contributed by atoms with Crippen molar-refractivity contribution in [1.29, 1.82) is 0 Å². The predicted molar refractivity (Wildman–Crippen MR) is 147 cm³/mol. The maximum absolute atomic E-state index is 12.6. The molecule has 1 heterocycles. The van der Waals surface area contributed by atoms with Crippen LogP contribution in [-0.2, 0) is 35.1 Å². The number of benzene rings is 3. The fraction of sp³-hybridized carbons (Fsp3) is 0.379. The molecule has 0 bridgehead atoms. The van der Waals surface area contributed by atoms with E-state index in [1.807, 2.05) is 67.6 Å². The van der Waals surface area contributed by atoms with Crippen LogP contribution in [0, 0.1) is 6.92 Å². The van der Waals surface area contributed by atoms with Crippen LogP contribution in [-0.4, -0.2) is 63.5 Å². The smallest absolute Gasteiger partial charge is 0.297 e. The Morgan fingerprint density at radius 3 is 2.29 bits per heavy atom. The van der Waals surface area contributed by atoms with Crippen molar-refractivity contribution in [2.24, 2.45) is 0 Å². The Kier molecular flexibility index (Phi) is 10.8. The van der Waals surface area contributed by atoms with E-state index in [9.17, 15) is 13.5 Å². The third kappa shape index (κ3) is 8.38. The van der Waals surface area contributed by atoms with Crippen LogP contribution in [0.15, 0.2) is 94.7 Å². The standard InChI is InChI=1S/C29H34O7S2/c1-22-13-15-25(16-14-22)38(31,32)35-20-26-28(30)29(27(36-26)21-37-24-11-6-3-7-12-24)34-18-8-17-33-19-23-9-4-2-5-10-23/h2-7,9-16,26-30H,8,17-21H2,1H3/t26-,27+,28+,29+/m0/s1. The Hall–Kier alpha value is -2.24. The molecule has 3 aromatic rings. The Bertz CT molecular complexity index is 1200. The molecule has 0 radical (unpaired) electrons. The number of aryl methyl sites for hydroxylation is 1. The van der Waals surface area contributed by atoms with Crippen LogP contribution in [0.25, 0.3) is 0 Å². The minimum atomic E-state index is -3.98. The number of hydrogen-bond donors (Lipinski definition) is 1. The van der Waals surface area contributed by atoms with Crippen LogP contribution in [0.1, 0.15) is 17.5 Å². The summed E-state index contributed by atoms with van der Waals surface area (Å²) < 4.78 is 48.4. The van der Waals surface area contributed by atoms with Crippen molar-refractivity contribution in [2.45, 2.75) is 54.2 Å². The van der Waals surface area contributed by atoms with Gasteiger partial charge in [0.15, 0.2) is 0 Å². The fourth-order valence-corrected chi connectivity index (χ4v) is 5.95. The van der Waals surface area contributed by atoms with Crippen molar-refractivity contribution in [2.75, 3.05) is 25.6 Å². The van der Waals surface area contributed by atoms with Crippen molar-refractivity contribution in [3.05, 3.63) is 96.1 Å². The topological polar surface area (TPSA) is 91.3 Å². The summed E-state index contributed by atoms with van der Waals surface area (Å²) in [6.07, 6.45) is -2.27. The Labute approximate surface area is 229 Å². The first kappa shape index (κ1) is 28.8. The second kappa shape index (κ2) is 14.2. The largest absolute Gasteiger partial charge is 0.387 e. The van der Waals surface area contributed by atoms with E-state index in [4.69, 9.17) is 18.4 Å². The maximum atomic E-state index is 12.6. The van der Waals surface area contributed by atoms with Crippen molar-refractivity contribution >= 4 is 21.9 Å². The van der Waals surface area contributed by atoms with Gasteiger partial charge in [0.05, 0.1) is 24.2 Å². The molecule has 0 aromatic heterocycles. The molecule has 9 heteroatoms. The van der Waals surface area contributed by atoms with E-state index in [1.165, 1.54) is 12.1 Å². The second-order valence-electron chi connectivity index (χ2n) is 9.11. The summed E-state index contributed by atoms with van der Waals surface area (Å²) in [7, 11) is -3.98. The molecule has 1 fully saturated rings.